The highest BCUT2D eigenvalue weighted by molar-refractivity contribution is 8.00. The number of thioether (sulfide) groups is 1. The first-order valence-corrected chi connectivity index (χ1v) is 19.2. The van der Waals surface area contributed by atoms with E-state index in [9.17, 15) is 19.2 Å². The van der Waals surface area contributed by atoms with Crippen LogP contribution >= 0.6 is 23.1 Å². The summed E-state index contributed by atoms with van der Waals surface area (Å²) in [4.78, 5) is 57.2. The third-order valence-electron chi connectivity index (χ3n) is 8.75. The maximum Gasteiger partial charge on any atom is 0.341 e. The molecule has 0 fully saturated rings. The quantitative estimate of drug-likeness (QED) is 0.0606. The van der Waals surface area contributed by atoms with Gasteiger partial charge in [0.05, 0.1) is 32.6 Å². The molecule has 11 nitrogen and oxygen atoms in total. The Morgan fingerprint density at radius 2 is 1.60 bits per heavy atom. The van der Waals surface area contributed by atoms with Crippen molar-refractivity contribution in [3.05, 3.63) is 142 Å². The molecule has 0 bridgehead atoms. The summed E-state index contributed by atoms with van der Waals surface area (Å²) < 4.78 is 16.1. The first-order valence-electron chi connectivity index (χ1n) is 17.4. The molecular formula is C42H40N4O7S2. The molecule has 1 aliphatic rings. The first kappa shape index (κ1) is 38.8. The number of amides is 3. The van der Waals surface area contributed by atoms with Gasteiger partial charge in [-0.3, -0.25) is 19.3 Å². The number of methoxy groups -OCH3 is 3. The molecule has 0 unspecified atom stereocenters. The number of esters is 1. The molecule has 55 heavy (non-hydrogen) atoms. The van der Waals surface area contributed by atoms with Gasteiger partial charge in [-0.05, 0) is 60.0 Å². The normalized spacial score (nSPS) is 12.6. The summed E-state index contributed by atoms with van der Waals surface area (Å²) in [5, 5.41) is 9.04. The van der Waals surface area contributed by atoms with Crippen LogP contribution < -0.4 is 25.4 Å². The van der Waals surface area contributed by atoms with Crippen LogP contribution in [-0.4, -0.2) is 62.2 Å². The Morgan fingerprint density at radius 3 is 2.33 bits per heavy atom. The van der Waals surface area contributed by atoms with E-state index in [4.69, 9.17) is 14.2 Å². The SMILES string of the molecule is COC(=O)c1c(NC(=O)CSc2cccc(NC(=O)/C(=C\c3cccc(OC)c3OC)NC(=O)c3ccccc3)c2)sc2c1CCN(Cc1ccccc1)C2. The third-order valence-corrected chi connectivity index (χ3v) is 10.9. The van der Waals surface area contributed by atoms with Crippen molar-refractivity contribution < 1.29 is 33.4 Å². The Kier molecular flexibility index (Phi) is 13.0. The molecule has 0 saturated carbocycles. The average Bonchev–Trinajstić information content (AvgIpc) is 3.56. The topological polar surface area (TPSA) is 135 Å². The summed E-state index contributed by atoms with van der Waals surface area (Å²) in [7, 11) is 4.35. The highest BCUT2D eigenvalue weighted by Gasteiger charge is 2.29. The molecule has 3 N–H and O–H groups in total. The Hall–Kier alpha value is -5.89. The zero-order valence-corrected chi connectivity index (χ0v) is 32.2. The van der Waals surface area contributed by atoms with E-state index in [0.717, 1.165) is 28.4 Å². The molecule has 1 aromatic heterocycles. The molecular weight excluding hydrogens is 737 g/mol. The highest BCUT2D eigenvalue weighted by Crippen LogP contribution is 2.38. The van der Waals surface area contributed by atoms with E-state index in [0.29, 0.717) is 51.8 Å². The summed E-state index contributed by atoms with van der Waals surface area (Å²) in [5.41, 5.74) is 3.87. The van der Waals surface area contributed by atoms with Gasteiger partial charge < -0.3 is 30.2 Å². The third kappa shape index (κ3) is 9.81. The van der Waals surface area contributed by atoms with Gasteiger partial charge in [-0.2, -0.15) is 0 Å². The molecule has 2 heterocycles. The zero-order valence-electron chi connectivity index (χ0n) is 30.5. The Labute approximate surface area is 327 Å². The van der Waals surface area contributed by atoms with Crippen LogP contribution in [0.1, 0.15) is 42.3 Å². The average molecular weight is 777 g/mol. The lowest BCUT2D eigenvalue weighted by molar-refractivity contribution is -0.114. The summed E-state index contributed by atoms with van der Waals surface area (Å²) in [6.07, 6.45) is 2.19. The van der Waals surface area contributed by atoms with Gasteiger partial charge in [0.25, 0.3) is 11.8 Å². The van der Waals surface area contributed by atoms with Gasteiger partial charge in [0.2, 0.25) is 5.91 Å². The van der Waals surface area contributed by atoms with E-state index in [1.54, 1.807) is 66.7 Å². The maximum atomic E-state index is 13.7. The van der Waals surface area contributed by atoms with Gasteiger partial charge in [0.1, 0.15) is 10.7 Å². The van der Waals surface area contributed by atoms with E-state index in [-0.39, 0.29) is 17.4 Å². The molecule has 5 aromatic rings. The van der Waals surface area contributed by atoms with Gasteiger partial charge in [-0.25, -0.2) is 4.79 Å². The van der Waals surface area contributed by atoms with Crippen LogP contribution in [0.3, 0.4) is 0 Å². The monoisotopic (exact) mass is 776 g/mol. The second kappa shape index (κ2) is 18.4. The van der Waals surface area contributed by atoms with Crippen LogP contribution in [0.25, 0.3) is 6.08 Å². The summed E-state index contributed by atoms with van der Waals surface area (Å²) in [6, 6.07) is 31.1. The van der Waals surface area contributed by atoms with Crippen LogP contribution in [0.15, 0.2) is 114 Å². The molecule has 0 atom stereocenters. The minimum absolute atomic E-state index is 0.0268. The number of benzene rings is 4. The van der Waals surface area contributed by atoms with Crippen molar-refractivity contribution in [3.8, 4) is 11.5 Å². The number of fused-ring (bicyclic) bond motifs is 1. The van der Waals surface area contributed by atoms with Crippen molar-refractivity contribution in [2.45, 2.75) is 24.4 Å². The van der Waals surface area contributed by atoms with Crippen molar-refractivity contribution in [2.75, 3.05) is 44.3 Å². The second-order valence-electron chi connectivity index (χ2n) is 12.4. The van der Waals surface area contributed by atoms with E-state index in [1.165, 1.54) is 56.1 Å². The number of nitrogens with one attached hydrogen (secondary N) is 3. The van der Waals surface area contributed by atoms with Crippen molar-refractivity contribution in [2.24, 2.45) is 0 Å². The fourth-order valence-electron chi connectivity index (χ4n) is 6.14. The lowest BCUT2D eigenvalue weighted by Gasteiger charge is -2.27. The maximum absolute atomic E-state index is 13.7. The van der Waals surface area contributed by atoms with Crippen molar-refractivity contribution >= 4 is 63.6 Å². The van der Waals surface area contributed by atoms with Crippen LogP contribution in [0.2, 0.25) is 0 Å². The molecule has 282 valence electrons. The van der Waals surface area contributed by atoms with E-state index < -0.39 is 17.8 Å². The summed E-state index contributed by atoms with van der Waals surface area (Å²) >= 11 is 2.68. The Morgan fingerprint density at radius 1 is 0.855 bits per heavy atom. The van der Waals surface area contributed by atoms with Crippen LogP contribution in [0.4, 0.5) is 10.7 Å². The Bertz CT molecular complexity index is 2210. The number of anilines is 2. The van der Waals surface area contributed by atoms with Crippen molar-refractivity contribution in [3.63, 3.8) is 0 Å². The van der Waals surface area contributed by atoms with Crippen LogP contribution in [0.5, 0.6) is 11.5 Å². The van der Waals surface area contributed by atoms with Gasteiger partial charge in [0.15, 0.2) is 11.5 Å². The predicted octanol–water partition coefficient (Wildman–Crippen LogP) is 7.25. The molecule has 0 radical (unpaired) electrons. The van der Waals surface area contributed by atoms with Gasteiger partial charge >= 0.3 is 5.97 Å². The fraction of sp³-hybridized carbons (Fsp3) is 0.190. The molecule has 0 spiro atoms. The standard InChI is InChI=1S/C42H40N4O7S2/c1-51-34-19-10-16-29(38(34)52-2)22-33(44-39(48)28-14-8-5-9-15-28)40(49)43-30-17-11-18-31(23-30)54-26-36(47)45-41-37(42(50)53-3)32-20-21-46(25-35(32)55-41)24-27-12-6-4-7-13-27/h4-19,22-23H,20-21,24-26H2,1-3H3,(H,43,49)(H,44,48)(H,45,47)/b33-22+. The lowest BCUT2D eigenvalue weighted by Crippen LogP contribution is -2.30. The molecule has 3 amide bonds. The molecule has 1 aliphatic heterocycles. The number of carbonyl (C=O) groups excluding carboxylic acids is 4. The number of hydrogen-bond donors (Lipinski definition) is 3. The van der Waals surface area contributed by atoms with Crippen LogP contribution in [0, 0.1) is 0 Å². The largest absolute Gasteiger partial charge is 0.493 e. The molecule has 0 aliphatic carbocycles. The fourth-order valence-corrected chi connectivity index (χ4v) is 8.19. The predicted molar refractivity (Wildman–Crippen MR) is 216 cm³/mol. The van der Waals surface area contributed by atoms with Crippen molar-refractivity contribution in [1.29, 1.82) is 0 Å². The minimum atomic E-state index is -0.576. The minimum Gasteiger partial charge on any atom is -0.493 e. The number of hydrogen-bond acceptors (Lipinski definition) is 10. The van der Waals surface area contributed by atoms with Gasteiger partial charge in [0, 0.05) is 46.2 Å². The van der Waals surface area contributed by atoms with E-state index in [1.807, 2.05) is 24.3 Å². The number of nitrogens with zero attached hydrogens (tertiary/aromatic N) is 1. The van der Waals surface area contributed by atoms with Gasteiger partial charge in [-0.15, -0.1) is 23.1 Å². The molecule has 4 aromatic carbocycles. The molecule has 6 rings (SSSR count). The van der Waals surface area contributed by atoms with Crippen molar-refractivity contribution in [1.82, 2.24) is 10.2 Å². The molecule has 13 heteroatoms. The summed E-state index contributed by atoms with van der Waals surface area (Å²) in [6.45, 7) is 2.24. The smallest absolute Gasteiger partial charge is 0.341 e. The van der Waals surface area contributed by atoms with Gasteiger partial charge in [-0.1, -0.05) is 66.7 Å². The van der Waals surface area contributed by atoms with E-state index >= 15 is 0 Å². The number of carbonyl (C=O) groups is 4. The highest BCUT2D eigenvalue weighted by atomic mass is 32.2. The van der Waals surface area contributed by atoms with Crippen LogP contribution in [-0.2, 0) is 33.8 Å². The zero-order chi connectivity index (χ0) is 38.7. The Balaban J connectivity index is 1.14. The summed E-state index contributed by atoms with van der Waals surface area (Å²) in [5.74, 6) is -0.894. The lowest BCUT2D eigenvalue weighted by atomic mass is 10.0. The first-order chi connectivity index (χ1) is 26.8. The number of thiophene rings is 1. The number of para-hydroxylation sites is 1. The number of rotatable bonds is 14. The number of ether oxygens (including phenoxy) is 3. The second-order valence-corrected chi connectivity index (χ2v) is 14.6. The molecule has 0 saturated heterocycles. The van der Waals surface area contributed by atoms with E-state index in [2.05, 4.69) is 33.0 Å².